The highest BCUT2D eigenvalue weighted by atomic mass is 32.2. The molecule has 0 aromatic heterocycles. The predicted octanol–water partition coefficient (Wildman–Crippen LogP) is 0.358. The smallest absolute Gasteiger partial charge is 0.215 e. The Hall–Kier alpha value is -1.42. The van der Waals surface area contributed by atoms with Crippen molar-refractivity contribution in [1.82, 2.24) is 4.72 Å². The summed E-state index contributed by atoms with van der Waals surface area (Å²) in [5.41, 5.74) is 0.794. The Bertz CT molecular complexity index is 518. The van der Waals surface area contributed by atoms with Crippen molar-refractivity contribution in [3.8, 4) is 6.07 Å². The van der Waals surface area contributed by atoms with Gasteiger partial charge in [0.2, 0.25) is 10.0 Å². The van der Waals surface area contributed by atoms with Crippen molar-refractivity contribution in [3.63, 3.8) is 0 Å². The van der Waals surface area contributed by atoms with E-state index >= 15 is 0 Å². The van der Waals surface area contributed by atoms with Crippen LogP contribution >= 0.6 is 0 Å². The molecular weight excluding hydrogens is 240 g/mol. The monoisotopic (exact) mass is 254 g/mol. The Balaban J connectivity index is 2.80. The zero-order chi connectivity index (χ0) is 12.9. The van der Waals surface area contributed by atoms with E-state index in [1.54, 1.807) is 24.3 Å². The second-order valence-electron chi connectivity index (χ2n) is 3.73. The van der Waals surface area contributed by atoms with E-state index < -0.39 is 16.1 Å². The summed E-state index contributed by atoms with van der Waals surface area (Å²) in [4.78, 5) is 0. The number of hydrogen-bond donors (Lipinski definition) is 2. The summed E-state index contributed by atoms with van der Waals surface area (Å²) in [5.74, 6) is -0.260. The van der Waals surface area contributed by atoms with Crippen LogP contribution in [0.5, 0.6) is 0 Å². The van der Waals surface area contributed by atoms with Crippen molar-refractivity contribution in [1.29, 1.82) is 5.26 Å². The zero-order valence-corrected chi connectivity index (χ0v) is 10.2. The number of aliphatic hydroxyl groups excluding tert-OH is 1. The van der Waals surface area contributed by atoms with Gasteiger partial charge >= 0.3 is 0 Å². The molecular formula is C11H14N2O3S. The molecule has 92 valence electrons. The molecule has 0 bridgehead atoms. The summed E-state index contributed by atoms with van der Waals surface area (Å²) in [6.07, 6.45) is -0.740. The van der Waals surface area contributed by atoms with E-state index in [4.69, 9.17) is 10.4 Å². The first-order valence-electron chi connectivity index (χ1n) is 5.08. The Labute approximate surface area is 101 Å². The fourth-order valence-corrected chi connectivity index (χ4v) is 2.52. The summed E-state index contributed by atoms with van der Waals surface area (Å²) in [5, 5.41) is 17.8. The number of nitrogens with one attached hydrogen (secondary N) is 1. The van der Waals surface area contributed by atoms with E-state index in [0.717, 1.165) is 0 Å². The van der Waals surface area contributed by atoms with Gasteiger partial charge in [0, 0.05) is 6.54 Å². The van der Waals surface area contributed by atoms with Crippen LogP contribution in [-0.2, 0) is 15.8 Å². The lowest BCUT2D eigenvalue weighted by Crippen LogP contribution is -2.31. The van der Waals surface area contributed by atoms with Gasteiger partial charge in [-0.2, -0.15) is 5.26 Å². The zero-order valence-electron chi connectivity index (χ0n) is 9.42. The highest BCUT2D eigenvalue weighted by Gasteiger charge is 2.14. The maximum Gasteiger partial charge on any atom is 0.215 e. The molecule has 0 unspecified atom stereocenters. The van der Waals surface area contributed by atoms with Gasteiger partial charge in [0.1, 0.15) is 0 Å². The van der Waals surface area contributed by atoms with Crippen LogP contribution in [0, 0.1) is 11.3 Å². The van der Waals surface area contributed by atoms with Crippen molar-refractivity contribution in [2.24, 2.45) is 0 Å². The molecule has 0 saturated carbocycles. The quantitative estimate of drug-likeness (QED) is 0.793. The molecule has 1 atom stereocenters. The highest BCUT2D eigenvalue weighted by Crippen LogP contribution is 2.10. The van der Waals surface area contributed by atoms with Crippen molar-refractivity contribution in [3.05, 3.63) is 35.4 Å². The first kappa shape index (κ1) is 13.6. The van der Waals surface area contributed by atoms with Crippen molar-refractivity contribution in [2.45, 2.75) is 18.8 Å². The summed E-state index contributed by atoms with van der Waals surface area (Å²) < 4.78 is 25.6. The maximum atomic E-state index is 11.6. The molecule has 17 heavy (non-hydrogen) atoms. The number of benzene rings is 1. The molecule has 5 nitrogen and oxygen atoms in total. The number of sulfonamides is 1. The van der Waals surface area contributed by atoms with Gasteiger partial charge in [-0.05, 0) is 18.6 Å². The molecule has 0 saturated heterocycles. The minimum atomic E-state index is -3.52. The van der Waals surface area contributed by atoms with Gasteiger partial charge in [-0.1, -0.05) is 18.2 Å². The topological polar surface area (TPSA) is 90.2 Å². The second kappa shape index (κ2) is 5.77. The fraction of sp³-hybridized carbons (Fsp3) is 0.364. The van der Waals surface area contributed by atoms with E-state index in [-0.39, 0.29) is 12.3 Å². The molecule has 1 aromatic rings. The third kappa shape index (κ3) is 4.53. The molecule has 0 heterocycles. The molecule has 0 aliphatic carbocycles. The van der Waals surface area contributed by atoms with Crippen LogP contribution in [0.3, 0.4) is 0 Å². The number of nitrogens with zero attached hydrogens (tertiary/aromatic N) is 1. The summed E-state index contributed by atoms with van der Waals surface area (Å²) in [7, 11) is -3.52. The van der Waals surface area contributed by atoms with Gasteiger partial charge < -0.3 is 5.11 Å². The Morgan fingerprint density at radius 1 is 1.47 bits per heavy atom. The normalized spacial score (nSPS) is 13.0. The molecule has 2 N–H and O–H groups in total. The fourth-order valence-electron chi connectivity index (χ4n) is 1.26. The lowest BCUT2D eigenvalue weighted by molar-refractivity contribution is 0.198. The lowest BCUT2D eigenvalue weighted by atomic mass is 10.1. The molecule has 0 spiro atoms. The van der Waals surface area contributed by atoms with E-state index in [1.165, 1.54) is 6.92 Å². The number of hydrogen-bond acceptors (Lipinski definition) is 4. The van der Waals surface area contributed by atoms with Gasteiger partial charge in [0.05, 0.1) is 23.5 Å². The van der Waals surface area contributed by atoms with Crippen LogP contribution in [0.15, 0.2) is 24.3 Å². The van der Waals surface area contributed by atoms with Crippen molar-refractivity contribution in [2.75, 3.05) is 6.54 Å². The highest BCUT2D eigenvalue weighted by molar-refractivity contribution is 7.88. The van der Waals surface area contributed by atoms with Crippen LogP contribution in [0.4, 0.5) is 0 Å². The molecule has 0 amide bonds. The molecule has 0 radical (unpaired) electrons. The molecule has 1 rings (SSSR count). The Kier molecular flexibility index (Phi) is 4.63. The number of aliphatic hydroxyl groups is 1. The largest absolute Gasteiger partial charge is 0.392 e. The lowest BCUT2D eigenvalue weighted by Gasteiger charge is -2.09. The minimum Gasteiger partial charge on any atom is -0.392 e. The number of rotatable bonds is 5. The van der Waals surface area contributed by atoms with Gasteiger partial charge in [0.25, 0.3) is 0 Å². The van der Waals surface area contributed by atoms with Crippen LogP contribution in [0.2, 0.25) is 0 Å². The van der Waals surface area contributed by atoms with Gasteiger partial charge in [-0.3, -0.25) is 0 Å². The van der Waals surface area contributed by atoms with Gasteiger partial charge in [-0.25, -0.2) is 13.1 Å². The third-order valence-electron chi connectivity index (χ3n) is 2.08. The summed E-state index contributed by atoms with van der Waals surface area (Å²) in [6.45, 7) is 1.46. The number of nitriles is 1. The first-order chi connectivity index (χ1) is 7.94. The third-order valence-corrected chi connectivity index (χ3v) is 3.38. The van der Waals surface area contributed by atoms with Crippen LogP contribution in [-0.4, -0.2) is 26.2 Å². The summed E-state index contributed by atoms with van der Waals surface area (Å²) in [6, 6.07) is 8.47. The first-order valence-corrected chi connectivity index (χ1v) is 6.73. The second-order valence-corrected chi connectivity index (χ2v) is 5.53. The van der Waals surface area contributed by atoms with Crippen molar-refractivity contribution >= 4 is 10.0 Å². The Morgan fingerprint density at radius 3 is 2.71 bits per heavy atom. The van der Waals surface area contributed by atoms with E-state index in [0.29, 0.717) is 11.1 Å². The summed E-state index contributed by atoms with van der Waals surface area (Å²) >= 11 is 0. The Morgan fingerprint density at radius 2 is 2.12 bits per heavy atom. The van der Waals surface area contributed by atoms with Gasteiger partial charge in [-0.15, -0.1) is 0 Å². The predicted molar refractivity (Wildman–Crippen MR) is 63.5 cm³/mol. The van der Waals surface area contributed by atoms with E-state index in [2.05, 4.69) is 4.72 Å². The van der Waals surface area contributed by atoms with Crippen molar-refractivity contribution < 1.29 is 13.5 Å². The SMILES string of the molecule is C[C@@H](O)CNS(=O)(=O)Cc1ccccc1C#N. The maximum absolute atomic E-state index is 11.6. The average Bonchev–Trinajstić information content (AvgIpc) is 2.27. The standard InChI is InChI=1S/C11H14N2O3S/c1-9(14)7-13-17(15,16)8-11-5-3-2-4-10(11)6-12/h2-5,9,13-14H,7-8H2,1H3/t9-/m1/s1. The molecule has 0 aliphatic heterocycles. The molecule has 1 aromatic carbocycles. The molecule has 6 heteroatoms. The van der Waals surface area contributed by atoms with Crippen LogP contribution < -0.4 is 4.72 Å². The van der Waals surface area contributed by atoms with Crippen LogP contribution in [0.25, 0.3) is 0 Å². The van der Waals surface area contributed by atoms with E-state index in [9.17, 15) is 8.42 Å². The van der Waals surface area contributed by atoms with Crippen LogP contribution in [0.1, 0.15) is 18.1 Å². The molecule has 0 aliphatic rings. The average molecular weight is 254 g/mol. The van der Waals surface area contributed by atoms with E-state index in [1.807, 2.05) is 6.07 Å². The minimum absolute atomic E-state index is 0.0307. The molecule has 0 fully saturated rings. The van der Waals surface area contributed by atoms with Gasteiger partial charge in [0.15, 0.2) is 0 Å².